The first-order chi connectivity index (χ1) is 18.1. The predicted molar refractivity (Wildman–Crippen MR) is 126 cm³/mol. The lowest BCUT2D eigenvalue weighted by molar-refractivity contribution is -0.278. The fraction of sp³-hybridized carbons (Fsp3) is 0.320. The number of ether oxygens (including phenoxy) is 4. The van der Waals surface area contributed by atoms with Crippen LogP contribution in [-0.2, 0) is 23.8 Å². The van der Waals surface area contributed by atoms with Gasteiger partial charge in [0.2, 0.25) is 11.7 Å². The molecule has 1 aromatic heterocycles. The molecule has 0 bridgehead atoms. The summed E-state index contributed by atoms with van der Waals surface area (Å²) in [4.78, 5) is 35.9. The number of fused-ring (bicyclic) bond motifs is 1. The molecule has 1 aliphatic heterocycles. The molecular weight excluding hydrogens is 508 g/mol. The highest BCUT2D eigenvalue weighted by Gasteiger charge is 2.45. The number of carbonyl (C=O) groups is 2. The van der Waals surface area contributed by atoms with Gasteiger partial charge in [-0.3, -0.25) is 14.4 Å². The summed E-state index contributed by atoms with van der Waals surface area (Å²) in [6, 6.07) is 8.11. The van der Waals surface area contributed by atoms with Gasteiger partial charge in [0.15, 0.2) is 0 Å². The van der Waals surface area contributed by atoms with Crippen LogP contribution in [0.5, 0.6) is 17.2 Å². The molecule has 5 N–H and O–H groups in total. The fourth-order valence-electron chi connectivity index (χ4n) is 3.82. The van der Waals surface area contributed by atoms with E-state index in [0.717, 1.165) is 13.2 Å². The second kappa shape index (κ2) is 11.1. The smallest absolute Gasteiger partial charge is 0.317 e. The van der Waals surface area contributed by atoms with E-state index in [1.165, 1.54) is 36.6 Å². The van der Waals surface area contributed by atoms with Crippen molar-refractivity contribution in [2.75, 3.05) is 13.7 Å². The summed E-state index contributed by atoms with van der Waals surface area (Å²) < 4.78 is 25.8. The van der Waals surface area contributed by atoms with Crippen molar-refractivity contribution in [3.63, 3.8) is 0 Å². The minimum atomic E-state index is -1.77. The van der Waals surface area contributed by atoms with Gasteiger partial charge in [0, 0.05) is 12.1 Å². The van der Waals surface area contributed by atoms with Crippen molar-refractivity contribution >= 4 is 22.9 Å². The molecule has 0 spiro atoms. The van der Waals surface area contributed by atoms with Crippen LogP contribution in [0.25, 0.3) is 22.1 Å². The van der Waals surface area contributed by atoms with E-state index >= 15 is 0 Å². The van der Waals surface area contributed by atoms with Crippen LogP contribution < -0.4 is 10.2 Å². The third-order valence-electron chi connectivity index (χ3n) is 5.85. The zero-order valence-electron chi connectivity index (χ0n) is 19.8. The van der Waals surface area contributed by atoms with Gasteiger partial charge < -0.3 is 48.9 Å². The quantitative estimate of drug-likeness (QED) is 0.204. The van der Waals surface area contributed by atoms with Crippen LogP contribution in [0.15, 0.2) is 51.9 Å². The summed E-state index contributed by atoms with van der Waals surface area (Å²) in [6.07, 6.45) is -7.65. The third-order valence-corrected chi connectivity index (χ3v) is 5.85. The van der Waals surface area contributed by atoms with Crippen molar-refractivity contribution in [1.29, 1.82) is 0 Å². The Balaban J connectivity index is 1.53. The molecule has 0 aliphatic carbocycles. The average molecular weight is 532 g/mol. The minimum Gasteiger partial charge on any atom is -0.508 e. The molecule has 1 fully saturated rings. The first kappa shape index (κ1) is 26.9. The number of phenolic OH excluding ortho intramolecular Hbond substituents is 2. The maximum Gasteiger partial charge on any atom is 0.317 e. The zero-order valence-corrected chi connectivity index (χ0v) is 19.8. The molecule has 5 unspecified atom stereocenters. The van der Waals surface area contributed by atoms with Crippen LogP contribution in [0.4, 0.5) is 0 Å². The number of rotatable bonds is 7. The molecule has 0 radical (unpaired) electrons. The van der Waals surface area contributed by atoms with Gasteiger partial charge >= 0.3 is 11.9 Å². The van der Waals surface area contributed by atoms with Crippen LogP contribution in [0.3, 0.4) is 0 Å². The number of phenols is 2. The number of hydrogen-bond donors (Lipinski definition) is 5. The summed E-state index contributed by atoms with van der Waals surface area (Å²) in [5, 5.41) is 50.6. The zero-order chi connectivity index (χ0) is 27.6. The first-order valence-electron chi connectivity index (χ1n) is 11.3. The highest BCUT2D eigenvalue weighted by atomic mass is 16.7. The van der Waals surface area contributed by atoms with E-state index in [2.05, 4.69) is 4.74 Å². The van der Waals surface area contributed by atoms with Crippen molar-refractivity contribution in [3.05, 3.63) is 52.9 Å². The van der Waals surface area contributed by atoms with Crippen LogP contribution in [0.2, 0.25) is 0 Å². The van der Waals surface area contributed by atoms with Crippen LogP contribution in [0, 0.1) is 0 Å². The van der Waals surface area contributed by atoms with Gasteiger partial charge in [-0.25, -0.2) is 0 Å². The molecule has 5 atom stereocenters. The Bertz CT molecular complexity index is 1380. The molecule has 1 saturated heterocycles. The standard InChI is InChI=1S/C25H24O13/c1-34-18(28)8-19(29)36-10-17-22(31)23(32)24(33)25(38-17)37-13-6-15(27)20-16(7-13)35-9-14(21(20)30)11-2-4-12(26)5-3-11/h2-7,9,17,22-27,31-33H,8,10H2,1H3. The molecule has 4 rings (SSSR count). The van der Waals surface area contributed by atoms with Crippen molar-refractivity contribution < 1.29 is 58.5 Å². The number of aliphatic hydroxyl groups is 3. The molecule has 0 saturated carbocycles. The molecule has 38 heavy (non-hydrogen) atoms. The van der Waals surface area contributed by atoms with Crippen molar-refractivity contribution in [2.45, 2.75) is 37.1 Å². The molecule has 2 heterocycles. The van der Waals surface area contributed by atoms with E-state index < -0.39 is 66.9 Å². The lowest BCUT2D eigenvalue weighted by atomic mass is 9.99. The molecular formula is C25H24O13. The number of hydrogen-bond acceptors (Lipinski definition) is 13. The molecule has 13 heteroatoms. The topological polar surface area (TPSA) is 202 Å². The van der Waals surface area contributed by atoms with Crippen LogP contribution in [0.1, 0.15) is 6.42 Å². The van der Waals surface area contributed by atoms with Gasteiger partial charge in [0.25, 0.3) is 0 Å². The minimum absolute atomic E-state index is 0.00918. The second-order valence-corrected chi connectivity index (χ2v) is 8.41. The number of methoxy groups -OCH3 is 1. The van der Waals surface area contributed by atoms with Gasteiger partial charge in [0.05, 0.1) is 12.7 Å². The Morgan fingerprint density at radius 2 is 1.68 bits per heavy atom. The summed E-state index contributed by atoms with van der Waals surface area (Å²) in [5.74, 6) is -2.42. The predicted octanol–water partition coefficient (Wildman–Crippen LogP) is 0.164. The SMILES string of the molecule is COC(=O)CC(=O)OCC1OC(Oc2cc(O)c3c(=O)c(-c4ccc(O)cc4)coc3c2)C(O)C(O)C1O. The van der Waals surface area contributed by atoms with E-state index in [-0.39, 0.29) is 28.0 Å². The van der Waals surface area contributed by atoms with E-state index in [1.54, 1.807) is 0 Å². The monoisotopic (exact) mass is 532 g/mol. The maximum absolute atomic E-state index is 13.0. The number of benzene rings is 2. The number of aromatic hydroxyl groups is 2. The van der Waals surface area contributed by atoms with Gasteiger partial charge in [-0.1, -0.05) is 12.1 Å². The highest BCUT2D eigenvalue weighted by Crippen LogP contribution is 2.33. The largest absolute Gasteiger partial charge is 0.508 e. The Labute approximate surface area is 214 Å². The van der Waals surface area contributed by atoms with Crippen molar-refractivity contribution in [1.82, 2.24) is 0 Å². The van der Waals surface area contributed by atoms with E-state index in [9.17, 15) is 39.9 Å². The Morgan fingerprint density at radius 3 is 2.37 bits per heavy atom. The average Bonchev–Trinajstić information content (AvgIpc) is 2.88. The normalized spacial score (nSPS) is 23.1. The van der Waals surface area contributed by atoms with Crippen LogP contribution >= 0.6 is 0 Å². The summed E-state index contributed by atoms with van der Waals surface area (Å²) in [6.45, 7) is -0.585. The van der Waals surface area contributed by atoms with Crippen molar-refractivity contribution in [3.8, 4) is 28.4 Å². The van der Waals surface area contributed by atoms with Crippen molar-refractivity contribution in [2.24, 2.45) is 0 Å². The van der Waals surface area contributed by atoms with Gasteiger partial charge in [-0.15, -0.1) is 0 Å². The summed E-state index contributed by atoms with van der Waals surface area (Å²) in [5.41, 5.74) is -0.0361. The first-order valence-corrected chi connectivity index (χ1v) is 11.3. The second-order valence-electron chi connectivity index (χ2n) is 8.41. The molecule has 0 amide bonds. The molecule has 2 aromatic carbocycles. The molecule has 3 aromatic rings. The number of esters is 2. The fourth-order valence-corrected chi connectivity index (χ4v) is 3.82. The van der Waals surface area contributed by atoms with E-state index in [0.29, 0.717) is 5.56 Å². The third kappa shape index (κ3) is 5.55. The summed E-state index contributed by atoms with van der Waals surface area (Å²) in [7, 11) is 1.09. The van der Waals surface area contributed by atoms with E-state index in [4.69, 9.17) is 18.6 Å². The number of carbonyl (C=O) groups excluding carboxylic acids is 2. The highest BCUT2D eigenvalue weighted by molar-refractivity contribution is 5.91. The Kier molecular flexibility index (Phi) is 7.83. The number of aliphatic hydroxyl groups excluding tert-OH is 3. The van der Waals surface area contributed by atoms with Gasteiger partial charge in [-0.2, -0.15) is 0 Å². The lowest BCUT2D eigenvalue weighted by Gasteiger charge is -2.39. The Morgan fingerprint density at radius 1 is 0.974 bits per heavy atom. The van der Waals surface area contributed by atoms with E-state index in [1.807, 2.05) is 0 Å². The summed E-state index contributed by atoms with van der Waals surface area (Å²) >= 11 is 0. The molecule has 202 valence electrons. The van der Waals surface area contributed by atoms with Crippen LogP contribution in [-0.4, -0.2) is 81.9 Å². The van der Waals surface area contributed by atoms with Gasteiger partial charge in [-0.05, 0) is 17.7 Å². The lowest BCUT2D eigenvalue weighted by Crippen LogP contribution is -2.60. The molecule has 13 nitrogen and oxygen atoms in total. The molecule has 1 aliphatic rings. The Hall–Kier alpha value is -4.17. The van der Waals surface area contributed by atoms with Gasteiger partial charge in [0.1, 0.15) is 71.9 Å². The maximum atomic E-state index is 13.0.